The molecule has 1 amide bonds. The lowest BCUT2D eigenvalue weighted by atomic mass is 10.3. The molecule has 0 fully saturated rings. The Bertz CT molecular complexity index is 1210. The minimum Gasteiger partial charge on any atom is -0.497 e. The lowest BCUT2D eigenvalue weighted by molar-refractivity contribution is -0.119. The minimum atomic E-state index is -4.11. The van der Waals surface area contributed by atoms with E-state index in [4.69, 9.17) is 21.1 Å². The van der Waals surface area contributed by atoms with Gasteiger partial charge in [0.05, 0.1) is 29.3 Å². The van der Waals surface area contributed by atoms with Crippen LogP contribution >= 0.6 is 11.6 Å². The van der Waals surface area contributed by atoms with E-state index in [2.05, 4.69) is 5.32 Å². The van der Waals surface area contributed by atoms with Gasteiger partial charge in [0.15, 0.2) is 0 Å². The fraction of sp³-hybridized carbons (Fsp3) is 0.174. The summed E-state index contributed by atoms with van der Waals surface area (Å²) in [6.45, 7) is -0.232. The highest BCUT2D eigenvalue weighted by molar-refractivity contribution is 7.92. The Morgan fingerprint density at radius 1 is 1.03 bits per heavy atom. The second kappa shape index (κ2) is 11.0. The van der Waals surface area contributed by atoms with Crippen molar-refractivity contribution in [3.8, 4) is 11.5 Å². The number of rotatable bonds is 10. The van der Waals surface area contributed by atoms with Crippen LogP contribution in [0.4, 0.5) is 10.1 Å². The van der Waals surface area contributed by atoms with E-state index in [1.807, 2.05) is 0 Å². The molecule has 0 heterocycles. The molecule has 0 radical (unpaired) electrons. The summed E-state index contributed by atoms with van der Waals surface area (Å²) in [4.78, 5) is 12.6. The minimum absolute atomic E-state index is 0.0143. The second-order valence-corrected chi connectivity index (χ2v) is 9.07. The van der Waals surface area contributed by atoms with E-state index in [0.717, 1.165) is 16.4 Å². The van der Waals surface area contributed by atoms with Crippen molar-refractivity contribution < 1.29 is 27.1 Å². The molecule has 33 heavy (non-hydrogen) atoms. The summed E-state index contributed by atoms with van der Waals surface area (Å²) in [5.74, 6) is -0.0603. The number of benzene rings is 3. The van der Waals surface area contributed by atoms with Crippen LogP contribution < -0.4 is 19.1 Å². The normalized spacial score (nSPS) is 11.0. The summed E-state index contributed by atoms with van der Waals surface area (Å²) in [7, 11) is -2.57. The lowest BCUT2D eigenvalue weighted by Gasteiger charge is -2.24. The van der Waals surface area contributed by atoms with Crippen LogP contribution in [0.5, 0.6) is 11.5 Å². The summed E-state index contributed by atoms with van der Waals surface area (Å²) in [6.07, 6.45) is 0. The summed E-state index contributed by atoms with van der Waals surface area (Å²) in [5, 5.41) is 2.37. The summed E-state index contributed by atoms with van der Waals surface area (Å²) >= 11 is 5.85. The van der Waals surface area contributed by atoms with Crippen molar-refractivity contribution in [3.05, 3.63) is 83.6 Å². The first kappa shape index (κ1) is 24.3. The molecule has 0 unspecified atom stereocenters. The van der Waals surface area contributed by atoms with Gasteiger partial charge in [-0.1, -0.05) is 35.9 Å². The standard InChI is InChI=1S/C23H22ClFN2O5S/c1-31-18-6-5-7-19(15-18)32-13-12-26-23(28)16-27(17-10-11-22(25)21(24)14-17)33(29,30)20-8-3-2-4-9-20/h2-11,14-15H,12-13,16H2,1H3,(H,26,28). The molecular weight excluding hydrogens is 471 g/mol. The van der Waals surface area contributed by atoms with Crippen molar-refractivity contribution in [2.75, 3.05) is 31.1 Å². The highest BCUT2D eigenvalue weighted by Crippen LogP contribution is 2.27. The molecule has 1 N–H and O–H groups in total. The van der Waals surface area contributed by atoms with Gasteiger partial charge in [-0.2, -0.15) is 0 Å². The molecule has 0 atom stereocenters. The molecule has 0 saturated carbocycles. The number of halogens is 2. The average molecular weight is 493 g/mol. The Hall–Kier alpha value is -3.30. The van der Waals surface area contributed by atoms with E-state index in [1.54, 1.807) is 49.6 Å². The van der Waals surface area contributed by atoms with Crippen molar-refractivity contribution in [2.45, 2.75) is 4.90 Å². The monoisotopic (exact) mass is 492 g/mol. The molecule has 3 aromatic rings. The Kier molecular flexibility index (Phi) is 8.13. The number of ether oxygens (including phenoxy) is 2. The predicted octanol–water partition coefficient (Wildman–Crippen LogP) is 3.88. The largest absolute Gasteiger partial charge is 0.497 e. The number of carbonyl (C=O) groups excluding carboxylic acids is 1. The van der Waals surface area contributed by atoms with Crippen LogP contribution in [-0.2, 0) is 14.8 Å². The lowest BCUT2D eigenvalue weighted by Crippen LogP contribution is -2.42. The van der Waals surface area contributed by atoms with Crippen molar-refractivity contribution >= 4 is 33.2 Å². The SMILES string of the molecule is COc1cccc(OCCNC(=O)CN(c2ccc(F)c(Cl)c2)S(=O)(=O)c2ccccc2)c1. The van der Waals surface area contributed by atoms with E-state index in [1.165, 1.54) is 18.2 Å². The molecule has 0 aliphatic heterocycles. The maximum Gasteiger partial charge on any atom is 0.264 e. The third-order valence-corrected chi connectivity index (χ3v) is 6.62. The quantitative estimate of drug-likeness (QED) is 0.434. The molecular formula is C23H22ClFN2O5S. The molecule has 0 aromatic heterocycles. The second-order valence-electron chi connectivity index (χ2n) is 6.80. The molecule has 3 aromatic carbocycles. The molecule has 0 bridgehead atoms. The van der Waals surface area contributed by atoms with Crippen molar-refractivity contribution in [2.24, 2.45) is 0 Å². The first-order valence-electron chi connectivity index (χ1n) is 9.87. The first-order chi connectivity index (χ1) is 15.8. The van der Waals surface area contributed by atoms with E-state index in [0.29, 0.717) is 11.5 Å². The van der Waals surface area contributed by atoms with Gasteiger partial charge in [-0.05, 0) is 42.5 Å². The van der Waals surface area contributed by atoms with Gasteiger partial charge in [0.25, 0.3) is 10.0 Å². The number of nitrogens with zero attached hydrogens (tertiary/aromatic N) is 1. The summed E-state index contributed by atoms with van der Waals surface area (Å²) in [5.41, 5.74) is 0.0630. The van der Waals surface area contributed by atoms with Crippen molar-refractivity contribution in [3.63, 3.8) is 0 Å². The number of hydrogen-bond donors (Lipinski definition) is 1. The van der Waals surface area contributed by atoms with Crippen LogP contribution in [0.15, 0.2) is 77.7 Å². The van der Waals surface area contributed by atoms with Crippen molar-refractivity contribution in [1.82, 2.24) is 5.32 Å². The number of nitrogens with one attached hydrogen (secondary N) is 1. The molecule has 0 saturated heterocycles. The Labute approximate surface area is 196 Å². The first-order valence-corrected chi connectivity index (χ1v) is 11.7. The topological polar surface area (TPSA) is 84.9 Å². The highest BCUT2D eigenvalue weighted by Gasteiger charge is 2.27. The van der Waals surface area contributed by atoms with Gasteiger partial charge < -0.3 is 14.8 Å². The zero-order chi connectivity index (χ0) is 23.8. The van der Waals surface area contributed by atoms with Gasteiger partial charge in [-0.25, -0.2) is 12.8 Å². The van der Waals surface area contributed by atoms with Gasteiger partial charge in [0.1, 0.15) is 30.5 Å². The Morgan fingerprint density at radius 2 is 1.76 bits per heavy atom. The molecule has 0 aliphatic carbocycles. The Morgan fingerprint density at radius 3 is 2.45 bits per heavy atom. The van der Waals surface area contributed by atoms with Gasteiger partial charge in [0, 0.05) is 6.07 Å². The maximum atomic E-state index is 13.6. The van der Waals surface area contributed by atoms with Crippen LogP contribution in [-0.4, -0.2) is 41.1 Å². The Balaban J connectivity index is 1.70. The van der Waals surface area contributed by atoms with E-state index in [-0.39, 0.29) is 28.8 Å². The number of amides is 1. The van der Waals surface area contributed by atoms with E-state index < -0.39 is 28.3 Å². The average Bonchev–Trinajstić information content (AvgIpc) is 2.83. The van der Waals surface area contributed by atoms with Gasteiger partial charge in [0.2, 0.25) is 5.91 Å². The molecule has 0 aliphatic rings. The smallest absolute Gasteiger partial charge is 0.264 e. The molecule has 3 rings (SSSR count). The van der Waals surface area contributed by atoms with E-state index in [9.17, 15) is 17.6 Å². The molecule has 10 heteroatoms. The van der Waals surface area contributed by atoms with Gasteiger partial charge in [-0.15, -0.1) is 0 Å². The van der Waals surface area contributed by atoms with Crippen LogP contribution in [0.1, 0.15) is 0 Å². The third kappa shape index (κ3) is 6.36. The number of sulfonamides is 1. The fourth-order valence-corrected chi connectivity index (χ4v) is 4.52. The van der Waals surface area contributed by atoms with Crippen LogP contribution in [0.2, 0.25) is 5.02 Å². The van der Waals surface area contributed by atoms with Crippen LogP contribution in [0.25, 0.3) is 0 Å². The van der Waals surface area contributed by atoms with Crippen molar-refractivity contribution in [1.29, 1.82) is 0 Å². The zero-order valence-corrected chi connectivity index (χ0v) is 19.3. The molecule has 174 valence electrons. The van der Waals surface area contributed by atoms with Gasteiger partial charge >= 0.3 is 0 Å². The van der Waals surface area contributed by atoms with Crippen LogP contribution in [0.3, 0.4) is 0 Å². The molecule has 0 spiro atoms. The number of hydrogen-bond acceptors (Lipinski definition) is 5. The van der Waals surface area contributed by atoms with E-state index >= 15 is 0 Å². The zero-order valence-electron chi connectivity index (χ0n) is 17.7. The summed E-state index contributed by atoms with van der Waals surface area (Å²) in [6, 6.07) is 18.1. The van der Waals surface area contributed by atoms with Crippen LogP contribution in [0, 0.1) is 5.82 Å². The summed E-state index contributed by atoms with van der Waals surface area (Å²) < 4.78 is 51.6. The third-order valence-electron chi connectivity index (χ3n) is 4.54. The number of carbonyl (C=O) groups is 1. The molecule has 7 nitrogen and oxygen atoms in total. The number of methoxy groups -OCH3 is 1. The van der Waals surface area contributed by atoms with Gasteiger partial charge in [-0.3, -0.25) is 9.10 Å². The fourth-order valence-electron chi connectivity index (χ4n) is 2.91. The highest BCUT2D eigenvalue weighted by atomic mass is 35.5. The number of anilines is 1. The predicted molar refractivity (Wildman–Crippen MR) is 124 cm³/mol. The maximum absolute atomic E-state index is 13.6.